The van der Waals surface area contributed by atoms with E-state index in [2.05, 4.69) is 5.32 Å². The number of fused-ring (bicyclic) bond motifs is 2. The smallest absolute Gasteiger partial charge is 0.251 e. The number of para-hydroxylation sites is 1. The quantitative estimate of drug-likeness (QED) is 0.491. The maximum absolute atomic E-state index is 13.6. The molecule has 2 aromatic carbocycles. The maximum atomic E-state index is 13.6. The van der Waals surface area contributed by atoms with Gasteiger partial charge in [0.15, 0.2) is 5.96 Å². The first-order valence-electron chi connectivity index (χ1n) is 14.3. The molecule has 9 nitrogen and oxygen atoms in total. The van der Waals surface area contributed by atoms with E-state index in [0.29, 0.717) is 35.5 Å². The second-order valence-corrected chi connectivity index (χ2v) is 11.6. The number of ether oxygens (including phenoxy) is 2. The van der Waals surface area contributed by atoms with Gasteiger partial charge in [-0.25, -0.2) is 4.99 Å². The zero-order valence-corrected chi connectivity index (χ0v) is 23.9. The highest BCUT2D eigenvalue weighted by molar-refractivity contribution is 6.00. The number of guanidine groups is 1. The fourth-order valence-corrected chi connectivity index (χ4v) is 6.10. The normalized spacial score (nSPS) is 26.5. The van der Waals surface area contributed by atoms with E-state index in [1.165, 1.54) is 0 Å². The summed E-state index contributed by atoms with van der Waals surface area (Å²) in [5.74, 6) is 1.05. The van der Waals surface area contributed by atoms with E-state index < -0.39 is 29.3 Å². The Kier molecular flexibility index (Phi) is 7.29. The van der Waals surface area contributed by atoms with E-state index in [1.807, 2.05) is 45.0 Å². The Morgan fingerprint density at radius 3 is 2.52 bits per heavy atom. The summed E-state index contributed by atoms with van der Waals surface area (Å²) < 4.78 is 12.2. The van der Waals surface area contributed by atoms with Crippen LogP contribution in [0, 0.1) is 0 Å². The van der Waals surface area contributed by atoms with Crippen LogP contribution >= 0.6 is 0 Å². The number of carbonyl (C=O) groups excluding carboxylic acids is 2. The fourth-order valence-electron chi connectivity index (χ4n) is 6.10. The third-order valence-electron chi connectivity index (χ3n) is 8.78. The standard InChI is InChI=1S/C31H40N4O5/c1-6-19-16-22(35-25(36)17-31(7-2,8-3)34-29(35)32)21-15-18(13-14-23(21)39-19)28(38)33-26-20-11-9-10-12-24(20)40-30(4,5)27(26)37/h9-15,19,22,26-27,37H,6-8,16-17H2,1-5H3,(H2,32,34)(H,33,38)/t19?,22-,26?,27?/m1/s1. The molecule has 2 amide bonds. The third-order valence-corrected chi connectivity index (χ3v) is 8.78. The SMILES string of the molecule is CCC1C[C@@H](N2C(=O)CC(CC)(CC)N=C2N)c2cc(C(=O)NC3c4ccccc4OC(C)(C)C3O)ccc2O1. The molecule has 0 fully saturated rings. The summed E-state index contributed by atoms with van der Waals surface area (Å²) in [5.41, 5.74) is 6.93. The number of carbonyl (C=O) groups is 2. The highest BCUT2D eigenvalue weighted by atomic mass is 16.5. The first kappa shape index (κ1) is 28.0. The summed E-state index contributed by atoms with van der Waals surface area (Å²) in [5, 5.41) is 14.1. The average Bonchev–Trinajstić information content (AvgIpc) is 2.94. The number of aliphatic hydroxyl groups is 1. The first-order chi connectivity index (χ1) is 19.0. The van der Waals surface area contributed by atoms with Crippen molar-refractivity contribution in [2.75, 3.05) is 0 Å². The van der Waals surface area contributed by atoms with Crippen molar-refractivity contribution in [3.63, 3.8) is 0 Å². The van der Waals surface area contributed by atoms with Crippen LogP contribution in [0.15, 0.2) is 47.5 Å². The second-order valence-electron chi connectivity index (χ2n) is 11.6. The zero-order chi connectivity index (χ0) is 28.8. The predicted octanol–water partition coefficient (Wildman–Crippen LogP) is 4.40. The van der Waals surface area contributed by atoms with Crippen molar-refractivity contribution in [2.24, 2.45) is 10.7 Å². The molecule has 0 spiro atoms. The molecule has 2 aromatic rings. The Morgan fingerprint density at radius 1 is 1.12 bits per heavy atom. The number of aliphatic imine (C=N–C) groups is 1. The molecule has 4 N–H and O–H groups in total. The van der Waals surface area contributed by atoms with Crippen molar-refractivity contribution in [3.05, 3.63) is 59.2 Å². The van der Waals surface area contributed by atoms with E-state index in [4.69, 9.17) is 20.2 Å². The molecule has 0 saturated carbocycles. The molecule has 0 aliphatic carbocycles. The van der Waals surface area contributed by atoms with Crippen LogP contribution in [0.2, 0.25) is 0 Å². The minimum atomic E-state index is -0.968. The van der Waals surface area contributed by atoms with Crippen LogP contribution in [0.1, 0.15) is 100 Å². The minimum absolute atomic E-state index is 0.0667. The lowest BCUT2D eigenvalue weighted by Crippen LogP contribution is -2.54. The number of rotatable bonds is 6. The van der Waals surface area contributed by atoms with Crippen LogP contribution < -0.4 is 20.5 Å². The summed E-state index contributed by atoms with van der Waals surface area (Å²) in [6.45, 7) is 9.69. The second kappa shape index (κ2) is 10.4. The van der Waals surface area contributed by atoms with Crippen molar-refractivity contribution in [3.8, 4) is 11.5 Å². The van der Waals surface area contributed by atoms with E-state index in [9.17, 15) is 14.7 Å². The molecule has 3 aliphatic heterocycles. The number of amides is 2. The number of nitrogens with zero attached hydrogens (tertiary/aromatic N) is 2. The van der Waals surface area contributed by atoms with E-state index in [0.717, 1.165) is 24.8 Å². The molecule has 0 aromatic heterocycles. The molecular formula is C31H40N4O5. The van der Waals surface area contributed by atoms with Crippen molar-refractivity contribution in [1.82, 2.24) is 10.2 Å². The summed E-state index contributed by atoms with van der Waals surface area (Å²) in [6, 6.07) is 11.6. The molecule has 40 heavy (non-hydrogen) atoms. The van der Waals surface area contributed by atoms with Gasteiger partial charge in [0.25, 0.3) is 5.91 Å². The van der Waals surface area contributed by atoms with Crippen molar-refractivity contribution >= 4 is 17.8 Å². The Hall–Kier alpha value is -3.59. The van der Waals surface area contributed by atoms with Gasteiger partial charge in [0.2, 0.25) is 5.91 Å². The lowest BCUT2D eigenvalue weighted by atomic mass is 9.85. The van der Waals surface area contributed by atoms with Gasteiger partial charge in [0.05, 0.1) is 24.0 Å². The predicted molar refractivity (Wildman–Crippen MR) is 152 cm³/mol. The largest absolute Gasteiger partial charge is 0.490 e. The van der Waals surface area contributed by atoms with Gasteiger partial charge in [-0.15, -0.1) is 0 Å². The number of hydrogen-bond acceptors (Lipinski definition) is 7. The van der Waals surface area contributed by atoms with Gasteiger partial charge < -0.3 is 25.6 Å². The molecule has 9 heteroatoms. The summed E-state index contributed by atoms with van der Waals surface area (Å²) in [4.78, 5) is 33.6. The van der Waals surface area contributed by atoms with E-state index in [-0.39, 0.29) is 23.9 Å². The van der Waals surface area contributed by atoms with Gasteiger partial charge in [-0.2, -0.15) is 0 Å². The van der Waals surface area contributed by atoms with Crippen LogP contribution in [-0.4, -0.2) is 51.1 Å². The lowest BCUT2D eigenvalue weighted by Gasteiger charge is -2.43. The Morgan fingerprint density at radius 2 is 1.85 bits per heavy atom. The van der Waals surface area contributed by atoms with Gasteiger partial charge >= 0.3 is 0 Å². The number of nitrogens with two attached hydrogens (primary N) is 1. The molecule has 3 heterocycles. The summed E-state index contributed by atoms with van der Waals surface area (Å²) in [6.07, 6.45) is 2.00. The highest BCUT2D eigenvalue weighted by Crippen LogP contribution is 2.43. The van der Waals surface area contributed by atoms with Crippen LogP contribution in [0.25, 0.3) is 0 Å². The van der Waals surface area contributed by atoms with Crippen LogP contribution in [0.4, 0.5) is 0 Å². The van der Waals surface area contributed by atoms with Crippen LogP contribution in [0.3, 0.4) is 0 Å². The minimum Gasteiger partial charge on any atom is -0.490 e. The van der Waals surface area contributed by atoms with Gasteiger partial charge in [-0.05, 0) is 57.4 Å². The lowest BCUT2D eigenvalue weighted by molar-refractivity contribution is -0.132. The maximum Gasteiger partial charge on any atom is 0.251 e. The first-order valence-corrected chi connectivity index (χ1v) is 14.3. The molecular weight excluding hydrogens is 508 g/mol. The van der Waals surface area contributed by atoms with Crippen LogP contribution in [0.5, 0.6) is 11.5 Å². The van der Waals surface area contributed by atoms with Crippen molar-refractivity contribution in [2.45, 2.75) is 102 Å². The summed E-state index contributed by atoms with van der Waals surface area (Å²) >= 11 is 0. The Balaban J connectivity index is 1.49. The molecule has 0 radical (unpaired) electrons. The molecule has 3 aliphatic rings. The van der Waals surface area contributed by atoms with Gasteiger partial charge in [-0.1, -0.05) is 39.0 Å². The zero-order valence-electron chi connectivity index (χ0n) is 23.9. The molecule has 0 saturated heterocycles. The van der Waals surface area contributed by atoms with E-state index >= 15 is 0 Å². The van der Waals surface area contributed by atoms with Crippen molar-refractivity contribution in [1.29, 1.82) is 0 Å². The topological polar surface area (TPSA) is 126 Å². The van der Waals surface area contributed by atoms with Gasteiger partial charge in [-0.3, -0.25) is 14.5 Å². The van der Waals surface area contributed by atoms with Crippen LogP contribution in [-0.2, 0) is 4.79 Å². The van der Waals surface area contributed by atoms with Crippen molar-refractivity contribution < 1.29 is 24.2 Å². The van der Waals surface area contributed by atoms with E-state index in [1.54, 1.807) is 36.9 Å². The molecule has 5 rings (SSSR count). The number of nitrogens with one attached hydrogen (secondary N) is 1. The average molecular weight is 549 g/mol. The number of aliphatic hydroxyl groups excluding tert-OH is 1. The van der Waals surface area contributed by atoms with Gasteiger partial charge in [0.1, 0.15) is 29.3 Å². The number of benzene rings is 2. The van der Waals surface area contributed by atoms with Gasteiger partial charge in [0, 0.05) is 23.1 Å². The highest BCUT2D eigenvalue weighted by Gasteiger charge is 2.45. The number of hydrogen-bond donors (Lipinski definition) is 3. The Labute approximate surface area is 235 Å². The Bertz CT molecular complexity index is 1330. The molecule has 214 valence electrons. The fraction of sp³-hybridized carbons (Fsp3) is 0.516. The molecule has 4 atom stereocenters. The summed E-state index contributed by atoms with van der Waals surface area (Å²) in [7, 11) is 0. The monoisotopic (exact) mass is 548 g/mol. The molecule has 0 bridgehead atoms. The molecule has 3 unspecified atom stereocenters. The third kappa shape index (κ3) is 4.80.